The fourth-order valence-corrected chi connectivity index (χ4v) is 0.876. The maximum absolute atomic E-state index is 3.60. The van der Waals surface area contributed by atoms with Gasteiger partial charge in [0.1, 0.15) is 0 Å². The fraction of sp³-hybridized carbons (Fsp3) is 0. The molecule has 0 fully saturated rings. The van der Waals surface area contributed by atoms with Crippen molar-refractivity contribution in [3.05, 3.63) is 78.9 Å². The lowest BCUT2D eigenvalue weighted by Gasteiger charge is -1.84. The zero-order valence-electron chi connectivity index (χ0n) is 7.98. The molecule has 2 radical (unpaired) electrons. The van der Waals surface area contributed by atoms with Crippen LogP contribution in [0.4, 0.5) is 0 Å². The Morgan fingerprint density at radius 2 is 1.64 bits per heavy atom. The van der Waals surface area contributed by atoms with Gasteiger partial charge in [0.05, 0.1) is 0 Å². The molecule has 2 rings (SSSR count). The van der Waals surface area contributed by atoms with Crippen LogP contribution < -0.4 is 0 Å². The maximum Gasteiger partial charge on any atom is -0.0106 e. The van der Waals surface area contributed by atoms with Crippen molar-refractivity contribution in [1.29, 1.82) is 0 Å². The molecule has 0 bridgehead atoms. The molecule has 0 N–H and O–H groups in total. The second-order valence-corrected chi connectivity index (χ2v) is 2.60. The van der Waals surface area contributed by atoms with E-state index < -0.39 is 0 Å². The first-order valence-corrected chi connectivity index (χ1v) is 4.43. The largest absolute Gasteiger partial charge is 0.0984 e. The van der Waals surface area contributed by atoms with Gasteiger partial charge in [0.25, 0.3) is 0 Å². The van der Waals surface area contributed by atoms with Gasteiger partial charge in [-0.1, -0.05) is 67.3 Å². The van der Waals surface area contributed by atoms with Crippen molar-refractivity contribution in [1.82, 2.24) is 0 Å². The lowest BCUT2D eigenvalue weighted by Crippen LogP contribution is -1.65. The van der Waals surface area contributed by atoms with Gasteiger partial charge in [0.15, 0.2) is 0 Å². The predicted molar refractivity (Wildman–Crippen MR) is 60.6 cm³/mol. The van der Waals surface area contributed by atoms with E-state index in [2.05, 4.69) is 18.7 Å². The molecule has 14 heavy (non-hydrogen) atoms. The third-order valence-corrected chi connectivity index (χ3v) is 1.56. The van der Waals surface area contributed by atoms with Crippen molar-refractivity contribution >= 4 is 6.08 Å². The first kappa shape index (κ1) is 10.3. The third-order valence-electron chi connectivity index (χ3n) is 1.56. The van der Waals surface area contributed by atoms with E-state index in [9.17, 15) is 0 Å². The van der Waals surface area contributed by atoms with E-state index in [1.165, 1.54) is 0 Å². The summed E-state index contributed by atoms with van der Waals surface area (Å²) in [6, 6.07) is 23.2. The molecular weight excluding hydrogens is 168 g/mol. The molecular formula is C14H12. The summed E-state index contributed by atoms with van der Waals surface area (Å²) in [5.41, 5.74) is 1.05. The van der Waals surface area contributed by atoms with Crippen LogP contribution in [0.3, 0.4) is 0 Å². The summed E-state index contributed by atoms with van der Waals surface area (Å²) in [6.07, 6.45) is 1.78. The van der Waals surface area contributed by atoms with Crippen molar-refractivity contribution < 1.29 is 0 Å². The van der Waals surface area contributed by atoms with Crippen LogP contribution in [0.5, 0.6) is 0 Å². The Balaban J connectivity index is 0.000000146. The van der Waals surface area contributed by atoms with E-state index in [0.29, 0.717) is 0 Å². The van der Waals surface area contributed by atoms with Crippen LogP contribution in [0.1, 0.15) is 5.56 Å². The van der Waals surface area contributed by atoms with Gasteiger partial charge >= 0.3 is 0 Å². The Hall–Kier alpha value is -1.82. The average molecular weight is 180 g/mol. The van der Waals surface area contributed by atoms with E-state index in [4.69, 9.17) is 0 Å². The lowest BCUT2D eigenvalue weighted by atomic mass is 10.2. The molecule has 0 aromatic heterocycles. The average Bonchev–Trinajstić information content (AvgIpc) is 2.33. The summed E-state index contributed by atoms with van der Waals surface area (Å²) in [7, 11) is 0. The Morgan fingerprint density at radius 1 is 0.929 bits per heavy atom. The van der Waals surface area contributed by atoms with Crippen LogP contribution in [0.2, 0.25) is 0 Å². The quantitative estimate of drug-likeness (QED) is 0.628. The van der Waals surface area contributed by atoms with Gasteiger partial charge in [-0.05, 0) is 17.7 Å². The fourth-order valence-electron chi connectivity index (χ4n) is 0.876. The number of hydrogen-bond donors (Lipinski definition) is 0. The normalized spacial score (nSPS) is 8.29. The van der Waals surface area contributed by atoms with Crippen LogP contribution in [0.25, 0.3) is 6.08 Å². The monoisotopic (exact) mass is 180 g/mol. The second kappa shape index (κ2) is 6.67. The van der Waals surface area contributed by atoms with Crippen molar-refractivity contribution in [2.24, 2.45) is 0 Å². The van der Waals surface area contributed by atoms with Crippen LogP contribution in [0.15, 0.2) is 61.2 Å². The van der Waals surface area contributed by atoms with Crippen LogP contribution in [-0.2, 0) is 0 Å². The van der Waals surface area contributed by atoms with Crippen molar-refractivity contribution in [3.63, 3.8) is 0 Å². The van der Waals surface area contributed by atoms with Gasteiger partial charge in [-0.25, -0.2) is 0 Å². The minimum Gasteiger partial charge on any atom is -0.0984 e. The van der Waals surface area contributed by atoms with E-state index in [1.807, 2.05) is 54.6 Å². The van der Waals surface area contributed by atoms with Gasteiger partial charge in [-0.2, -0.15) is 0 Å². The number of hydrogen-bond acceptors (Lipinski definition) is 0. The summed E-state index contributed by atoms with van der Waals surface area (Å²) >= 11 is 0. The SMILES string of the molecule is C=Cc1[c]cccc1.[c]1ccccc1. The van der Waals surface area contributed by atoms with Crippen LogP contribution in [-0.4, -0.2) is 0 Å². The third kappa shape index (κ3) is 4.27. The zero-order chi connectivity index (χ0) is 10.1. The first-order chi connectivity index (χ1) is 6.93. The molecule has 0 nitrogen and oxygen atoms in total. The smallest absolute Gasteiger partial charge is 0.0106 e. The van der Waals surface area contributed by atoms with Gasteiger partial charge in [0, 0.05) is 0 Å². The first-order valence-electron chi connectivity index (χ1n) is 4.43. The van der Waals surface area contributed by atoms with Crippen molar-refractivity contribution in [3.8, 4) is 0 Å². The highest BCUT2D eigenvalue weighted by molar-refractivity contribution is 5.44. The van der Waals surface area contributed by atoms with Crippen molar-refractivity contribution in [2.75, 3.05) is 0 Å². The van der Waals surface area contributed by atoms with E-state index in [-0.39, 0.29) is 0 Å². The zero-order valence-corrected chi connectivity index (χ0v) is 7.98. The van der Waals surface area contributed by atoms with E-state index in [1.54, 1.807) is 6.08 Å². The molecule has 0 unspecified atom stereocenters. The van der Waals surface area contributed by atoms with E-state index in [0.717, 1.165) is 5.56 Å². The summed E-state index contributed by atoms with van der Waals surface area (Å²) in [5, 5.41) is 0. The highest BCUT2D eigenvalue weighted by Gasteiger charge is 1.76. The molecule has 0 heterocycles. The topological polar surface area (TPSA) is 0 Å². The van der Waals surface area contributed by atoms with Gasteiger partial charge in [-0.15, -0.1) is 0 Å². The van der Waals surface area contributed by atoms with Crippen LogP contribution in [0, 0.1) is 12.1 Å². The molecule has 0 saturated carbocycles. The Morgan fingerprint density at radius 3 is 1.93 bits per heavy atom. The molecule has 0 aliphatic rings. The van der Waals surface area contributed by atoms with E-state index >= 15 is 0 Å². The Bertz CT molecular complexity index is 308. The minimum atomic E-state index is 1.05. The molecule has 0 amide bonds. The summed E-state index contributed by atoms with van der Waals surface area (Å²) in [6.45, 7) is 3.60. The van der Waals surface area contributed by atoms with Gasteiger partial charge < -0.3 is 0 Å². The molecule has 0 atom stereocenters. The second-order valence-electron chi connectivity index (χ2n) is 2.60. The number of benzene rings is 2. The molecule has 2 aromatic rings. The standard InChI is InChI=1S/C8H7.C6H5/c1-2-8-6-4-3-5-7-8;1-2-4-6-5-3-1/h2-6H,1H2;1-5H. The molecule has 0 aliphatic carbocycles. The number of rotatable bonds is 1. The van der Waals surface area contributed by atoms with Gasteiger partial charge in [0.2, 0.25) is 0 Å². The summed E-state index contributed by atoms with van der Waals surface area (Å²) < 4.78 is 0. The molecule has 0 aliphatic heterocycles. The summed E-state index contributed by atoms with van der Waals surface area (Å²) in [5.74, 6) is 0. The lowest BCUT2D eigenvalue weighted by molar-refractivity contribution is 1.65. The summed E-state index contributed by atoms with van der Waals surface area (Å²) in [4.78, 5) is 0. The minimum absolute atomic E-state index is 1.05. The molecule has 0 saturated heterocycles. The highest BCUT2D eigenvalue weighted by atomic mass is 13.8. The maximum atomic E-state index is 3.60. The Labute approximate surface area is 85.5 Å². The van der Waals surface area contributed by atoms with Crippen molar-refractivity contribution in [2.45, 2.75) is 0 Å². The molecule has 2 aromatic carbocycles. The molecule has 0 spiro atoms. The predicted octanol–water partition coefficient (Wildman–Crippen LogP) is 3.62. The molecule has 68 valence electrons. The molecule has 0 heteroatoms. The van der Waals surface area contributed by atoms with Crippen LogP contribution >= 0.6 is 0 Å². The highest BCUT2D eigenvalue weighted by Crippen LogP contribution is 1.96. The Kier molecular flexibility index (Phi) is 4.89. The van der Waals surface area contributed by atoms with Gasteiger partial charge in [-0.3, -0.25) is 0 Å².